The fourth-order valence-electron chi connectivity index (χ4n) is 1.45. The van der Waals surface area contributed by atoms with Crippen LogP contribution in [0.4, 0.5) is 8.78 Å². The van der Waals surface area contributed by atoms with Crippen LogP contribution in [0.2, 0.25) is 0 Å². The summed E-state index contributed by atoms with van der Waals surface area (Å²) in [6.07, 6.45) is 1.53. The fourth-order valence-corrected chi connectivity index (χ4v) is 1.45. The predicted octanol–water partition coefficient (Wildman–Crippen LogP) is 2.49. The molecule has 0 bridgehead atoms. The van der Waals surface area contributed by atoms with Crippen LogP contribution in [0.5, 0.6) is 0 Å². The van der Waals surface area contributed by atoms with E-state index in [-0.39, 0.29) is 5.56 Å². The van der Waals surface area contributed by atoms with Gasteiger partial charge in [0.1, 0.15) is 0 Å². The SMILES string of the molecule is NCc1ccnc(-c2cccc(F)c2F)c1. The van der Waals surface area contributed by atoms with Gasteiger partial charge in [-0.15, -0.1) is 0 Å². The van der Waals surface area contributed by atoms with Gasteiger partial charge >= 0.3 is 0 Å². The lowest BCUT2D eigenvalue weighted by Crippen LogP contribution is -1.98. The van der Waals surface area contributed by atoms with Gasteiger partial charge in [-0.25, -0.2) is 8.78 Å². The van der Waals surface area contributed by atoms with Gasteiger partial charge in [0.15, 0.2) is 11.6 Å². The van der Waals surface area contributed by atoms with Crippen LogP contribution in [-0.2, 0) is 6.54 Å². The molecule has 0 aliphatic heterocycles. The van der Waals surface area contributed by atoms with Gasteiger partial charge in [0.25, 0.3) is 0 Å². The number of hydrogen-bond donors (Lipinski definition) is 1. The molecule has 0 unspecified atom stereocenters. The third-order valence-electron chi connectivity index (χ3n) is 2.29. The van der Waals surface area contributed by atoms with E-state index in [0.29, 0.717) is 12.2 Å². The zero-order chi connectivity index (χ0) is 11.5. The Kier molecular flexibility index (Phi) is 2.92. The Balaban J connectivity index is 2.54. The molecule has 4 heteroatoms. The second kappa shape index (κ2) is 4.37. The van der Waals surface area contributed by atoms with Crippen molar-refractivity contribution < 1.29 is 8.78 Å². The second-order valence-corrected chi connectivity index (χ2v) is 3.35. The van der Waals surface area contributed by atoms with E-state index in [1.165, 1.54) is 18.3 Å². The highest BCUT2D eigenvalue weighted by molar-refractivity contribution is 5.60. The van der Waals surface area contributed by atoms with E-state index in [1.807, 2.05) is 0 Å². The maximum atomic E-state index is 13.5. The quantitative estimate of drug-likeness (QED) is 0.844. The molecular formula is C12H10F2N2. The number of nitrogens with zero attached hydrogens (tertiary/aromatic N) is 1. The standard InChI is InChI=1S/C12H10F2N2/c13-10-3-1-2-9(12(10)14)11-6-8(7-15)4-5-16-11/h1-6H,7,15H2. The second-order valence-electron chi connectivity index (χ2n) is 3.35. The molecule has 16 heavy (non-hydrogen) atoms. The van der Waals surface area contributed by atoms with Crippen LogP contribution >= 0.6 is 0 Å². The van der Waals surface area contributed by atoms with Crippen molar-refractivity contribution in [3.8, 4) is 11.3 Å². The summed E-state index contributed by atoms with van der Waals surface area (Å²) in [5, 5.41) is 0. The topological polar surface area (TPSA) is 38.9 Å². The predicted molar refractivity (Wildman–Crippen MR) is 57.5 cm³/mol. The summed E-state index contributed by atoms with van der Waals surface area (Å²) in [4.78, 5) is 4.00. The van der Waals surface area contributed by atoms with Gasteiger partial charge in [0.2, 0.25) is 0 Å². The maximum absolute atomic E-state index is 13.5. The summed E-state index contributed by atoms with van der Waals surface area (Å²) < 4.78 is 26.5. The van der Waals surface area contributed by atoms with Crippen LogP contribution in [0, 0.1) is 11.6 Å². The van der Waals surface area contributed by atoms with Gasteiger partial charge in [-0.05, 0) is 29.8 Å². The zero-order valence-corrected chi connectivity index (χ0v) is 8.45. The number of pyridine rings is 1. The van der Waals surface area contributed by atoms with Gasteiger partial charge in [-0.3, -0.25) is 4.98 Å². The van der Waals surface area contributed by atoms with E-state index in [0.717, 1.165) is 11.6 Å². The number of benzene rings is 1. The first-order valence-corrected chi connectivity index (χ1v) is 4.81. The molecule has 0 atom stereocenters. The van der Waals surface area contributed by atoms with Crippen molar-refractivity contribution in [2.75, 3.05) is 0 Å². The first-order valence-electron chi connectivity index (χ1n) is 4.81. The molecule has 0 saturated heterocycles. The van der Waals surface area contributed by atoms with Crippen molar-refractivity contribution in [1.29, 1.82) is 0 Å². The Morgan fingerprint density at radius 3 is 2.75 bits per heavy atom. The maximum Gasteiger partial charge on any atom is 0.168 e. The molecule has 0 aliphatic carbocycles. The first kappa shape index (κ1) is 10.7. The number of aromatic nitrogens is 1. The Morgan fingerprint density at radius 1 is 1.19 bits per heavy atom. The molecule has 0 spiro atoms. The molecule has 1 aromatic carbocycles. The minimum absolute atomic E-state index is 0.148. The molecule has 0 aliphatic rings. The zero-order valence-electron chi connectivity index (χ0n) is 8.45. The van der Waals surface area contributed by atoms with E-state index < -0.39 is 11.6 Å². The van der Waals surface area contributed by atoms with Gasteiger partial charge in [0.05, 0.1) is 5.69 Å². The van der Waals surface area contributed by atoms with Gasteiger partial charge < -0.3 is 5.73 Å². The van der Waals surface area contributed by atoms with Crippen LogP contribution in [0.15, 0.2) is 36.5 Å². The lowest BCUT2D eigenvalue weighted by Gasteiger charge is -2.04. The molecule has 2 nitrogen and oxygen atoms in total. The Morgan fingerprint density at radius 2 is 2.00 bits per heavy atom. The summed E-state index contributed by atoms with van der Waals surface area (Å²) in [5.74, 6) is -1.76. The van der Waals surface area contributed by atoms with E-state index >= 15 is 0 Å². The molecule has 1 aromatic heterocycles. The summed E-state index contributed by atoms with van der Waals surface area (Å²) in [5.41, 5.74) is 6.83. The van der Waals surface area contributed by atoms with Crippen molar-refractivity contribution in [2.24, 2.45) is 5.73 Å². The number of nitrogens with two attached hydrogens (primary N) is 1. The van der Waals surface area contributed by atoms with Crippen LogP contribution in [0.25, 0.3) is 11.3 Å². The average molecular weight is 220 g/mol. The number of rotatable bonds is 2. The van der Waals surface area contributed by atoms with Crippen molar-refractivity contribution in [1.82, 2.24) is 4.98 Å². The summed E-state index contributed by atoms with van der Waals surface area (Å²) in [7, 11) is 0. The van der Waals surface area contributed by atoms with Gasteiger partial charge in [-0.2, -0.15) is 0 Å². The van der Waals surface area contributed by atoms with Crippen LogP contribution < -0.4 is 5.73 Å². The highest BCUT2D eigenvalue weighted by Crippen LogP contribution is 2.22. The van der Waals surface area contributed by atoms with E-state index in [4.69, 9.17) is 5.73 Å². The van der Waals surface area contributed by atoms with Crippen LogP contribution in [0.3, 0.4) is 0 Å². The molecule has 0 saturated carbocycles. The highest BCUT2D eigenvalue weighted by atomic mass is 19.2. The third kappa shape index (κ3) is 1.92. The van der Waals surface area contributed by atoms with Crippen molar-refractivity contribution >= 4 is 0 Å². The Hall–Kier alpha value is -1.81. The summed E-state index contributed by atoms with van der Waals surface area (Å²) >= 11 is 0. The number of halogens is 2. The number of hydrogen-bond acceptors (Lipinski definition) is 2. The lowest BCUT2D eigenvalue weighted by atomic mass is 10.1. The summed E-state index contributed by atoms with van der Waals surface area (Å²) in [6, 6.07) is 7.40. The van der Waals surface area contributed by atoms with Crippen LogP contribution in [0.1, 0.15) is 5.56 Å². The highest BCUT2D eigenvalue weighted by Gasteiger charge is 2.10. The third-order valence-corrected chi connectivity index (χ3v) is 2.29. The molecule has 0 amide bonds. The van der Waals surface area contributed by atoms with E-state index in [1.54, 1.807) is 12.1 Å². The molecule has 2 rings (SSSR count). The lowest BCUT2D eigenvalue weighted by molar-refractivity contribution is 0.511. The van der Waals surface area contributed by atoms with Gasteiger partial charge in [-0.1, -0.05) is 6.07 Å². The van der Waals surface area contributed by atoms with Crippen molar-refractivity contribution in [3.63, 3.8) is 0 Å². The molecule has 2 aromatic rings. The largest absolute Gasteiger partial charge is 0.326 e. The molecule has 2 N–H and O–H groups in total. The van der Waals surface area contributed by atoms with Crippen molar-refractivity contribution in [2.45, 2.75) is 6.54 Å². The first-order chi connectivity index (χ1) is 7.72. The molecular weight excluding hydrogens is 210 g/mol. The molecule has 1 heterocycles. The van der Waals surface area contributed by atoms with Gasteiger partial charge in [0, 0.05) is 18.3 Å². The Labute approximate surface area is 91.7 Å². The molecule has 82 valence electrons. The minimum Gasteiger partial charge on any atom is -0.326 e. The van der Waals surface area contributed by atoms with E-state index in [9.17, 15) is 8.78 Å². The fraction of sp³-hybridized carbons (Fsp3) is 0.0833. The Bertz CT molecular complexity index is 512. The molecule has 0 fully saturated rings. The van der Waals surface area contributed by atoms with Crippen molar-refractivity contribution in [3.05, 3.63) is 53.7 Å². The van der Waals surface area contributed by atoms with E-state index in [2.05, 4.69) is 4.98 Å². The monoisotopic (exact) mass is 220 g/mol. The molecule has 0 radical (unpaired) electrons. The smallest absolute Gasteiger partial charge is 0.168 e. The van der Waals surface area contributed by atoms with Crippen LogP contribution in [-0.4, -0.2) is 4.98 Å². The normalized spacial score (nSPS) is 10.4. The minimum atomic E-state index is -0.885. The average Bonchev–Trinajstić information content (AvgIpc) is 2.33. The summed E-state index contributed by atoms with van der Waals surface area (Å²) in [6.45, 7) is 0.340.